The summed E-state index contributed by atoms with van der Waals surface area (Å²) in [6.07, 6.45) is -3.55. The van der Waals surface area contributed by atoms with Crippen molar-refractivity contribution in [2.45, 2.75) is 11.1 Å². The summed E-state index contributed by atoms with van der Waals surface area (Å²) in [5.41, 5.74) is -1.79. The van der Waals surface area contributed by atoms with E-state index in [9.17, 15) is 26.4 Å². The third-order valence-corrected chi connectivity index (χ3v) is 5.16. The molecule has 0 heterocycles. The zero-order valence-electron chi connectivity index (χ0n) is 15.1. The summed E-state index contributed by atoms with van der Waals surface area (Å²) >= 11 is 1.74. The van der Waals surface area contributed by atoms with Crippen molar-refractivity contribution in [3.05, 3.63) is 41.6 Å². The van der Waals surface area contributed by atoms with Crippen LogP contribution in [0.15, 0.2) is 50.9 Å². The number of nitrogens with zero attached hydrogens (tertiary/aromatic N) is 2. The van der Waals surface area contributed by atoms with E-state index < -0.39 is 39.9 Å². The van der Waals surface area contributed by atoms with Crippen molar-refractivity contribution in [1.29, 1.82) is 5.41 Å². The lowest BCUT2D eigenvalue weighted by Gasteiger charge is -2.11. The second-order valence-corrected chi connectivity index (χ2v) is 8.50. The van der Waals surface area contributed by atoms with E-state index in [1.165, 1.54) is 25.2 Å². The summed E-state index contributed by atoms with van der Waals surface area (Å²) in [7, 11) is -2.26. The van der Waals surface area contributed by atoms with Gasteiger partial charge in [-0.3, -0.25) is 15.2 Å². The molecule has 0 unspecified atom stereocenters. The topological polar surface area (TPSA) is 132 Å². The third kappa shape index (κ3) is 7.92. The maximum Gasteiger partial charge on any atom is 0.432 e. The molecular formula is C16H16F3IN4O4S. The molecule has 0 aliphatic rings. The fraction of sp³-hybridized carbons (Fsp3) is 0.250. The van der Waals surface area contributed by atoms with Crippen LogP contribution in [0.2, 0.25) is 0 Å². The van der Waals surface area contributed by atoms with Crippen LogP contribution in [0, 0.1) is 5.41 Å². The first-order chi connectivity index (χ1) is 13.3. The number of hydrogen-bond acceptors (Lipinski definition) is 6. The number of carboxylic acids is 1. The number of amidine groups is 1. The first-order valence-corrected chi connectivity index (χ1v) is 10.6. The highest BCUT2D eigenvalue weighted by atomic mass is 127. The molecule has 1 aromatic carbocycles. The summed E-state index contributed by atoms with van der Waals surface area (Å²) in [6.45, 7) is -0.731. The summed E-state index contributed by atoms with van der Waals surface area (Å²) in [6, 6.07) is 5.72. The van der Waals surface area contributed by atoms with E-state index >= 15 is 0 Å². The highest BCUT2D eigenvalue weighted by molar-refractivity contribution is 14.1. The average molecular weight is 544 g/mol. The van der Waals surface area contributed by atoms with Crippen LogP contribution in [0.1, 0.15) is 5.56 Å². The SMILES string of the molecule is C/N=C(\N=C(/I)c1cccc(S(C)(=O)=O)c1)C(=C/C(=N)C(F)(F)F)/NCC(=O)O. The van der Waals surface area contributed by atoms with Gasteiger partial charge in [0.25, 0.3) is 0 Å². The number of sulfone groups is 1. The number of aliphatic imine (C=N–C) groups is 2. The number of hydrogen-bond donors (Lipinski definition) is 3. The number of benzene rings is 1. The number of aliphatic carboxylic acids is 1. The lowest BCUT2D eigenvalue weighted by Crippen LogP contribution is -2.29. The molecule has 0 spiro atoms. The molecular weight excluding hydrogens is 528 g/mol. The molecule has 0 radical (unpaired) electrons. The second kappa shape index (κ2) is 9.96. The van der Waals surface area contributed by atoms with Gasteiger partial charge in [-0.25, -0.2) is 13.4 Å². The summed E-state index contributed by atoms with van der Waals surface area (Å²) in [4.78, 5) is 18.6. The summed E-state index contributed by atoms with van der Waals surface area (Å²) < 4.78 is 61.7. The standard InChI is InChI=1S/C16H16F3IN4O4S/c1-22-15(11(23-8-13(25)26)7-12(21)16(17,18)19)24-14(20)9-4-3-5-10(6-9)29(2,27)28/h3-7,21,23H,8H2,1-2H3,(H,25,26)/b11-7-,21-12?,22-15-,24-14-. The minimum atomic E-state index is -4.95. The van der Waals surface area contributed by atoms with Gasteiger partial charge in [-0.1, -0.05) is 12.1 Å². The Bertz CT molecular complexity index is 1000. The van der Waals surface area contributed by atoms with Gasteiger partial charge >= 0.3 is 12.1 Å². The Labute approximate surface area is 178 Å². The predicted molar refractivity (Wildman–Crippen MR) is 111 cm³/mol. The van der Waals surface area contributed by atoms with Crippen molar-refractivity contribution in [2.24, 2.45) is 9.98 Å². The van der Waals surface area contributed by atoms with Gasteiger partial charge in [-0.2, -0.15) is 13.2 Å². The number of nitrogens with one attached hydrogen (secondary N) is 2. The largest absolute Gasteiger partial charge is 0.480 e. The van der Waals surface area contributed by atoms with E-state index in [-0.39, 0.29) is 14.4 Å². The molecule has 0 amide bonds. The molecule has 13 heteroatoms. The van der Waals surface area contributed by atoms with Crippen LogP contribution >= 0.6 is 22.6 Å². The van der Waals surface area contributed by atoms with Crippen molar-refractivity contribution in [1.82, 2.24) is 5.32 Å². The Morgan fingerprint density at radius 1 is 1.38 bits per heavy atom. The number of carboxylic acid groups (broad SMARTS) is 1. The lowest BCUT2D eigenvalue weighted by atomic mass is 10.2. The predicted octanol–water partition coefficient (Wildman–Crippen LogP) is 2.44. The van der Waals surface area contributed by atoms with E-state index in [0.717, 1.165) is 6.26 Å². The van der Waals surface area contributed by atoms with Gasteiger partial charge in [0.1, 0.15) is 16.0 Å². The maximum absolute atomic E-state index is 12.7. The average Bonchev–Trinajstić information content (AvgIpc) is 2.61. The van der Waals surface area contributed by atoms with Crippen LogP contribution < -0.4 is 5.32 Å². The van der Waals surface area contributed by atoms with Gasteiger partial charge in [0.2, 0.25) is 0 Å². The van der Waals surface area contributed by atoms with Crippen molar-refractivity contribution in [3.8, 4) is 0 Å². The molecule has 0 saturated carbocycles. The number of carbonyl (C=O) groups is 1. The smallest absolute Gasteiger partial charge is 0.432 e. The van der Waals surface area contributed by atoms with Crippen molar-refractivity contribution >= 4 is 53.7 Å². The highest BCUT2D eigenvalue weighted by Gasteiger charge is 2.33. The van der Waals surface area contributed by atoms with Crippen LogP contribution in [0.25, 0.3) is 0 Å². The zero-order valence-corrected chi connectivity index (χ0v) is 18.1. The van der Waals surface area contributed by atoms with Crippen LogP contribution in [-0.2, 0) is 14.6 Å². The van der Waals surface area contributed by atoms with E-state index in [0.29, 0.717) is 11.6 Å². The van der Waals surface area contributed by atoms with Crippen LogP contribution in [-0.4, -0.2) is 60.8 Å². The first kappa shape index (κ1) is 24.7. The number of allylic oxidation sites excluding steroid dienone is 1. The Kier molecular flexibility index (Phi) is 8.50. The molecule has 8 nitrogen and oxygen atoms in total. The molecule has 158 valence electrons. The Balaban J connectivity index is 3.39. The molecule has 0 atom stereocenters. The molecule has 1 rings (SSSR count). The summed E-state index contributed by atoms with van der Waals surface area (Å²) in [5, 5.41) is 18.1. The molecule has 0 aliphatic heterocycles. The van der Waals surface area contributed by atoms with E-state index in [4.69, 9.17) is 10.5 Å². The van der Waals surface area contributed by atoms with E-state index in [1.54, 1.807) is 28.7 Å². The van der Waals surface area contributed by atoms with Gasteiger partial charge in [-0.15, -0.1) is 0 Å². The van der Waals surface area contributed by atoms with Crippen LogP contribution in [0.3, 0.4) is 0 Å². The maximum atomic E-state index is 12.7. The van der Waals surface area contributed by atoms with E-state index in [2.05, 4.69) is 15.3 Å². The van der Waals surface area contributed by atoms with Gasteiger partial charge in [0.05, 0.1) is 10.6 Å². The monoisotopic (exact) mass is 544 g/mol. The Morgan fingerprint density at radius 2 is 2.00 bits per heavy atom. The third-order valence-electron chi connectivity index (χ3n) is 3.18. The number of rotatable bonds is 7. The lowest BCUT2D eigenvalue weighted by molar-refractivity contribution is -0.135. The van der Waals surface area contributed by atoms with Crippen molar-refractivity contribution in [3.63, 3.8) is 0 Å². The van der Waals surface area contributed by atoms with Gasteiger partial charge in [-0.05, 0) is 40.8 Å². The van der Waals surface area contributed by atoms with Gasteiger partial charge in [0.15, 0.2) is 15.7 Å². The number of halogens is 4. The normalized spacial score (nSPS) is 13.9. The van der Waals surface area contributed by atoms with Gasteiger partial charge < -0.3 is 10.4 Å². The number of alkyl halides is 3. The highest BCUT2D eigenvalue weighted by Crippen LogP contribution is 2.19. The Morgan fingerprint density at radius 3 is 2.48 bits per heavy atom. The molecule has 0 fully saturated rings. The molecule has 1 aromatic rings. The quantitative estimate of drug-likeness (QED) is 0.276. The molecule has 0 saturated heterocycles. The molecule has 29 heavy (non-hydrogen) atoms. The van der Waals surface area contributed by atoms with E-state index in [1.807, 2.05) is 0 Å². The first-order valence-electron chi connectivity index (χ1n) is 7.60. The molecule has 0 bridgehead atoms. The zero-order chi connectivity index (χ0) is 22.4. The fourth-order valence-electron chi connectivity index (χ4n) is 1.83. The second-order valence-electron chi connectivity index (χ2n) is 5.47. The van der Waals surface area contributed by atoms with Crippen LogP contribution in [0.5, 0.6) is 0 Å². The molecule has 3 N–H and O–H groups in total. The van der Waals surface area contributed by atoms with Crippen molar-refractivity contribution < 1.29 is 31.5 Å². The minimum absolute atomic E-state index is 0.0213. The summed E-state index contributed by atoms with van der Waals surface area (Å²) in [5.74, 6) is -1.64. The molecule has 0 aromatic heterocycles. The van der Waals surface area contributed by atoms with Crippen LogP contribution in [0.4, 0.5) is 13.2 Å². The Hall–Kier alpha value is -2.29. The minimum Gasteiger partial charge on any atom is -0.480 e. The van der Waals surface area contributed by atoms with Crippen molar-refractivity contribution in [2.75, 3.05) is 19.8 Å². The van der Waals surface area contributed by atoms with Gasteiger partial charge in [0, 0.05) is 18.9 Å². The fourth-order valence-corrected chi connectivity index (χ4v) is 3.07. The molecule has 0 aliphatic carbocycles.